The first kappa shape index (κ1) is 11.4. The monoisotopic (exact) mass is 254 g/mol. The molecule has 90 valence electrons. The van der Waals surface area contributed by atoms with Crippen LogP contribution in [0.1, 0.15) is 17.2 Å². The fraction of sp³-hybridized carbons (Fsp3) is 0.133. The standard InChI is InChI=1S/C15H14N2S/c1-16-15(12-6-8-18-10-12)14-4-2-3-11-9-17-7-5-13(11)14/h2-10,15-16H,1H3. The minimum absolute atomic E-state index is 0.238. The van der Waals surface area contributed by atoms with Crippen molar-refractivity contribution in [2.24, 2.45) is 0 Å². The number of rotatable bonds is 3. The molecule has 0 amide bonds. The molecule has 18 heavy (non-hydrogen) atoms. The van der Waals surface area contributed by atoms with Crippen LogP contribution in [0.5, 0.6) is 0 Å². The average Bonchev–Trinajstić information content (AvgIpc) is 2.94. The number of hydrogen-bond donors (Lipinski definition) is 1. The molecule has 3 aromatic rings. The van der Waals surface area contributed by atoms with Gasteiger partial charge in [-0.25, -0.2) is 0 Å². The van der Waals surface area contributed by atoms with Crippen molar-refractivity contribution in [2.45, 2.75) is 6.04 Å². The molecule has 1 atom stereocenters. The largest absolute Gasteiger partial charge is 0.309 e. The lowest BCUT2D eigenvalue weighted by molar-refractivity contribution is 0.699. The smallest absolute Gasteiger partial charge is 0.0588 e. The van der Waals surface area contributed by atoms with E-state index in [4.69, 9.17) is 0 Å². The van der Waals surface area contributed by atoms with E-state index in [1.165, 1.54) is 21.9 Å². The zero-order valence-electron chi connectivity index (χ0n) is 10.1. The van der Waals surface area contributed by atoms with E-state index < -0.39 is 0 Å². The van der Waals surface area contributed by atoms with Crippen molar-refractivity contribution >= 4 is 22.1 Å². The van der Waals surface area contributed by atoms with Crippen molar-refractivity contribution < 1.29 is 0 Å². The molecular formula is C15H14N2S. The normalized spacial score (nSPS) is 12.7. The second-order valence-electron chi connectivity index (χ2n) is 4.22. The molecule has 0 aliphatic heterocycles. The molecule has 0 radical (unpaired) electrons. The van der Waals surface area contributed by atoms with Crippen LogP contribution in [0.4, 0.5) is 0 Å². The third-order valence-electron chi connectivity index (χ3n) is 3.19. The van der Waals surface area contributed by atoms with Crippen molar-refractivity contribution in [3.05, 3.63) is 64.6 Å². The molecule has 0 spiro atoms. The third kappa shape index (κ3) is 1.92. The summed E-state index contributed by atoms with van der Waals surface area (Å²) in [6, 6.07) is 10.9. The van der Waals surface area contributed by atoms with Crippen molar-refractivity contribution in [3.63, 3.8) is 0 Å². The molecule has 1 N–H and O–H groups in total. The molecule has 0 aliphatic carbocycles. The number of nitrogens with one attached hydrogen (secondary N) is 1. The van der Waals surface area contributed by atoms with E-state index in [2.05, 4.69) is 51.4 Å². The molecule has 3 heteroatoms. The maximum atomic E-state index is 4.18. The number of aromatic nitrogens is 1. The Morgan fingerprint density at radius 3 is 2.94 bits per heavy atom. The third-order valence-corrected chi connectivity index (χ3v) is 3.89. The lowest BCUT2D eigenvalue weighted by Crippen LogP contribution is -2.17. The maximum Gasteiger partial charge on any atom is 0.0588 e. The summed E-state index contributed by atoms with van der Waals surface area (Å²) in [5.74, 6) is 0. The van der Waals surface area contributed by atoms with Crippen LogP contribution in [-0.2, 0) is 0 Å². The fourth-order valence-corrected chi connectivity index (χ4v) is 3.03. The van der Waals surface area contributed by atoms with Crippen molar-refractivity contribution in [1.82, 2.24) is 10.3 Å². The van der Waals surface area contributed by atoms with Gasteiger partial charge in [0.05, 0.1) is 6.04 Å². The first-order chi connectivity index (χ1) is 8.90. The van der Waals surface area contributed by atoms with Gasteiger partial charge in [-0.3, -0.25) is 4.98 Å². The summed E-state index contributed by atoms with van der Waals surface area (Å²) in [5.41, 5.74) is 2.61. The van der Waals surface area contributed by atoms with Crippen LogP contribution in [0.2, 0.25) is 0 Å². The van der Waals surface area contributed by atoms with Gasteiger partial charge in [0, 0.05) is 17.8 Å². The van der Waals surface area contributed by atoms with Crippen molar-refractivity contribution in [1.29, 1.82) is 0 Å². The van der Waals surface area contributed by atoms with Crippen LogP contribution in [0.25, 0.3) is 10.8 Å². The van der Waals surface area contributed by atoms with Gasteiger partial charge < -0.3 is 5.32 Å². The molecular weight excluding hydrogens is 240 g/mol. The average molecular weight is 254 g/mol. The van der Waals surface area contributed by atoms with Crippen LogP contribution < -0.4 is 5.32 Å². The number of nitrogens with zero attached hydrogens (tertiary/aromatic N) is 1. The number of fused-ring (bicyclic) bond motifs is 1. The molecule has 0 fully saturated rings. The molecule has 1 aromatic carbocycles. The summed E-state index contributed by atoms with van der Waals surface area (Å²) < 4.78 is 0. The SMILES string of the molecule is CNC(c1ccsc1)c1cccc2cnccc12. The van der Waals surface area contributed by atoms with Gasteiger partial charge in [-0.05, 0) is 46.5 Å². The highest BCUT2D eigenvalue weighted by molar-refractivity contribution is 7.08. The van der Waals surface area contributed by atoms with E-state index >= 15 is 0 Å². The van der Waals surface area contributed by atoms with E-state index in [-0.39, 0.29) is 6.04 Å². The van der Waals surface area contributed by atoms with Crippen LogP contribution in [0.3, 0.4) is 0 Å². The predicted octanol–water partition coefficient (Wildman–Crippen LogP) is 3.61. The van der Waals surface area contributed by atoms with Gasteiger partial charge in [0.1, 0.15) is 0 Å². The highest BCUT2D eigenvalue weighted by Gasteiger charge is 2.14. The Morgan fingerprint density at radius 1 is 1.22 bits per heavy atom. The Balaban J connectivity index is 2.18. The molecule has 0 bridgehead atoms. The van der Waals surface area contributed by atoms with Crippen LogP contribution in [-0.4, -0.2) is 12.0 Å². The van der Waals surface area contributed by atoms with Gasteiger partial charge in [-0.1, -0.05) is 18.2 Å². The van der Waals surface area contributed by atoms with E-state index in [0.717, 1.165) is 0 Å². The van der Waals surface area contributed by atoms with E-state index in [1.54, 1.807) is 11.3 Å². The molecule has 2 heterocycles. The van der Waals surface area contributed by atoms with Gasteiger partial charge in [0.25, 0.3) is 0 Å². The summed E-state index contributed by atoms with van der Waals surface area (Å²) >= 11 is 1.73. The van der Waals surface area contributed by atoms with Crippen LogP contribution in [0, 0.1) is 0 Å². The summed E-state index contributed by atoms with van der Waals surface area (Å²) in [6.07, 6.45) is 3.77. The lowest BCUT2D eigenvalue weighted by atomic mass is 9.96. The number of benzene rings is 1. The zero-order chi connectivity index (χ0) is 12.4. The Kier molecular flexibility index (Phi) is 3.09. The minimum atomic E-state index is 0.238. The second kappa shape index (κ2) is 4.88. The van der Waals surface area contributed by atoms with Crippen molar-refractivity contribution in [2.75, 3.05) is 7.05 Å². The zero-order valence-corrected chi connectivity index (χ0v) is 10.9. The van der Waals surface area contributed by atoms with E-state index in [9.17, 15) is 0 Å². The summed E-state index contributed by atoms with van der Waals surface area (Å²) in [6.45, 7) is 0. The highest BCUT2D eigenvalue weighted by atomic mass is 32.1. The molecule has 0 aliphatic rings. The van der Waals surface area contributed by atoms with E-state index in [1.807, 2.05) is 19.4 Å². The van der Waals surface area contributed by atoms with Gasteiger partial charge in [-0.2, -0.15) is 11.3 Å². The van der Waals surface area contributed by atoms with Crippen molar-refractivity contribution in [3.8, 4) is 0 Å². The Morgan fingerprint density at radius 2 is 2.17 bits per heavy atom. The summed E-state index contributed by atoms with van der Waals surface area (Å²) in [7, 11) is 2.00. The number of thiophene rings is 1. The Labute approximate surface area is 110 Å². The molecule has 0 saturated heterocycles. The quantitative estimate of drug-likeness (QED) is 0.772. The maximum absolute atomic E-state index is 4.18. The summed E-state index contributed by atoms with van der Waals surface area (Å²) in [5, 5.41) is 10.2. The lowest BCUT2D eigenvalue weighted by Gasteiger charge is -2.17. The molecule has 0 saturated carbocycles. The first-order valence-electron chi connectivity index (χ1n) is 5.92. The number of pyridine rings is 1. The van der Waals surface area contributed by atoms with Crippen LogP contribution in [0.15, 0.2) is 53.5 Å². The first-order valence-corrected chi connectivity index (χ1v) is 6.86. The van der Waals surface area contributed by atoms with Gasteiger partial charge in [-0.15, -0.1) is 0 Å². The summed E-state index contributed by atoms with van der Waals surface area (Å²) in [4.78, 5) is 4.18. The topological polar surface area (TPSA) is 24.9 Å². The highest BCUT2D eigenvalue weighted by Crippen LogP contribution is 2.29. The predicted molar refractivity (Wildman–Crippen MR) is 77.0 cm³/mol. The van der Waals surface area contributed by atoms with Gasteiger partial charge >= 0.3 is 0 Å². The van der Waals surface area contributed by atoms with Gasteiger partial charge in [0.2, 0.25) is 0 Å². The Hall–Kier alpha value is -1.71. The van der Waals surface area contributed by atoms with E-state index in [0.29, 0.717) is 0 Å². The molecule has 2 aromatic heterocycles. The Bertz CT molecular complexity index is 641. The molecule has 2 nitrogen and oxygen atoms in total. The van der Waals surface area contributed by atoms with Gasteiger partial charge in [0.15, 0.2) is 0 Å². The fourth-order valence-electron chi connectivity index (χ4n) is 2.34. The molecule has 1 unspecified atom stereocenters. The number of hydrogen-bond acceptors (Lipinski definition) is 3. The minimum Gasteiger partial charge on any atom is -0.309 e. The molecule has 3 rings (SSSR count). The second-order valence-corrected chi connectivity index (χ2v) is 5.00. The van der Waals surface area contributed by atoms with Crippen LogP contribution >= 0.6 is 11.3 Å².